The van der Waals surface area contributed by atoms with Gasteiger partial charge in [-0.3, -0.25) is 4.79 Å². The van der Waals surface area contributed by atoms with E-state index < -0.39 is 5.91 Å². The van der Waals surface area contributed by atoms with Crippen LogP contribution < -0.4 is 5.73 Å². The molecule has 0 saturated heterocycles. The summed E-state index contributed by atoms with van der Waals surface area (Å²) in [5.74, 6) is -0.622. The number of phenolic OH excluding ortho intramolecular Hbond substituents is 1. The maximum atomic E-state index is 10.5. The second-order valence-electron chi connectivity index (χ2n) is 5.94. The van der Waals surface area contributed by atoms with Crippen LogP contribution >= 0.6 is 11.6 Å². The first-order valence-corrected chi connectivity index (χ1v) is 8.96. The molecule has 4 nitrogen and oxygen atoms in total. The maximum absolute atomic E-state index is 10.5. The largest absolute Gasteiger partial charge is 0.506 e. The van der Waals surface area contributed by atoms with Gasteiger partial charge >= 0.3 is 0 Å². The van der Waals surface area contributed by atoms with Crippen molar-refractivity contribution in [1.29, 1.82) is 5.41 Å². The lowest BCUT2D eigenvalue weighted by molar-refractivity contribution is 0.100. The van der Waals surface area contributed by atoms with Gasteiger partial charge < -0.3 is 16.2 Å². The molecule has 0 radical (unpaired) electrons. The topological polar surface area (TPSA) is 87.2 Å². The van der Waals surface area contributed by atoms with Crippen LogP contribution in [-0.4, -0.2) is 17.2 Å². The molecule has 3 aromatic carbocycles. The van der Waals surface area contributed by atoms with Crippen molar-refractivity contribution < 1.29 is 9.90 Å². The van der Waals surface area contributed by atoms with Crippen LogP contribution in [0.3, 0.4) is 0 Å². The summed E-state index contributed by atoms with van der Waals surface area (Å²) in [6, 6.07) is 22.4. The molecule has 3 aromatic rings. The summed E-state index contributed by atoms with van der Waals surface area (Å²) in [6.07, 6.45) is 6.56. The van der Waals surface area contributed by atoms with Gasteiger partial charge in [0, 0.05) is 11.8 Å². The van der Waals surface area contributed by atoms with Gasteiger partial charge in [-0.15, -0.1) is 0 Å². The quantitative estimate of drug-likeness (QED) is 0.528. The van der Waals surface area contributed by atoms with E-state index in [2.05, 4.69) is 42.5 Å². The van der Waals surface area contributed by atoms with E-state index in [9.17, 15) is 4.79 Å². The summed E-state index contributed by atoms with van der Waals surface area (Å²) in [6.45, 7) is 0. The maximum Gasteiger partial charge on any atom is 0.248 e. The van der Waals surface area contributed by atoms with Crippen LogP contribution in [0, 0.1) is 5.41 Å². The Hall–Kier alpha value is -3.37. The predicted molar refractivity (Wildman–Crippen MR) is 115 cm³/mol. The fraction of sp³-hybridized carbons (Fsp3) is 0.0435. The summed E-state index contributed by atoms with van der Waals surface area (Å²) >= 11 is 5.50. The number of amides is 1. The lowest BCUT2D eigenvalue weighted by atomic mass is 10.1. The van der Waals surface area contributed by atoms with Crippen LogP contribution in [0.5, 0.6) is 5.75 Å². The van der Waals surface area contributed by atoms with Crippen molar-refractivity contribution in [3.8, 4) is 5.75 Å². The van der Waals surface area contributed by atoms with Crippen LogP contribution in [0.15, 0.2) is 78.9 Å². The van der Waals surface area contributed by atoms with Crippen molar-refractivity contribution in [2.75, 3.05) is 0 Å². The first kappa shape index (κ1) is 20.9. The van der Waals surface area contributed by atoms with Crippen molar-refractivity contribution in [2.45, 2.75) is 6.42 Å². The number of carbonyl (C=O) groups is 1. The third kappa shape index (κ3) is 6.74. The summed E-state index contributed by atoms with van der Waals surface area (Å²) in [5, 5.41) is 16.3. The molecule has 0 aromatic heterocycles. The highest BCUT2D eigenvalue weighted by Gasteiger charge is 2.03. The Kier molecular flexibility index (Phi) is 8.00. The smallest absolute Gasteiger partial charge is 0.248 e. The van der Waals surface area contributed by atoms with Gasteiger partial charge in [0.2, 0.25) is 5.91 Å². The number of rotatable bonds is 5. The van der Waals surface area contributed by atoms with E-state index in [0.29, 0.717) is 0 Å². The lowest BCUT2D eigenvalue weighted by Crippen LogP contribution is -2.10. The molecule has 0 saturated carbocycles. The van der Waals surface area contributed by atoms with Gasteiger partial charge in [0.25, 0.3) is 0 Å². The average Bonchev–Trinajstić information content (AvgIpc) is 2.71. The van der Waals surface area contributed by atoms with E-state index in [1.165, 1.54) is 30.0 Å². The minimum atomic E-state index is -0.563. The van der Waals surface area contributed by atoms with Crippen LogP contribution in [0.25, 0.3) is 6.08 Å². The molecule has 0 spiro atoms. The van der Waals surface area contributed by atoms with Crippen molar-refractivity contribution >= 4 is 29.8 Å². The average molecular weight is 393 g/mol. The van der Waals surface area contributed by atoms with Crippen molar-refractivity contribution in [2.24, 2.45) is 5.73 Å². The Labute approximate surface area is 169 Å². The number of hydrogen-bond acceptors (Lipinski definition) is 3. The summed E-state index contributed by atoms with van der Waals surface area (Å²) in [7, 11) is 0. The zero-order valence-electron chi connectivity index (χ0n) is 15.2. The number of halogens is 1. The fourth-order valence-corrected chi connectivity index (χ4v) is 2.54. The molecule has 0 fully saturated rings. The van der Waals surface area contributed by atoms with Gasteiger partial charge in [0.05, 0.1) is 5.02 Å². The molecule has 0 aliphatic rings. The predicted octanol–water partition coefficient (Wildman–Crippen LogP) is 5.08. The molecule has 4 N–H and O–H groups in total. The van der Waals surface area contributed by atoms with E-state index in [1.54, 1.807) is 0 Å². The summed E-state index contributed by atoms with van der Waals surface area (Å²) < 4.78 is 0. The number of phenols is 1. The first-order valence-electron chi connectivity index (χ1n) is 8.59. The molecule has 5 heteroatoms. The number of nitrogens with one attached hydrogen (secondary N) is 1. The Bertz CT molecular complexity index is 969. The number of primary amides is 1. The molecular formula is C23H21ClN2O2. The molecule has 1 amide bonds. The third-order valence-electron chi connectivity index (χ3n) is 3.82. The van der Waals surface area contributed by atoms with Gasteiger partial charge in [-0.1, -0.05) is 72.3 Å². The molecular weight excluding hydrogens is 372 g/mol. The molecule has 142 valence electrons. The van der Waals surface area contributed by atoms with Crippen LogP contribution in [-0.2, 0) is 6.42 Å². The van der Waals surface area contributed by atoms with E-state index in [0.717, 1.165) is 17.5 Å². The highest BCUT2D eigenvalue weighted by Crippen LogP contribution is 2.23. The van der Waals surface area contributed by atoms with Crippen molar-refractivity contribution in [3.63, 3.8) is 0 Å². The first-order chi connectivity index (χ1) is 13.5. The Morgan fingerprint density at radius 2 is 1.71 bits per heavy atom. The normalized spacial score (nSPS) is 10.2. The minimum absolute atomic E-state index is 0.0586. The number of allylic oxidation sites excluding steroid dienone is 1. The van der Waals surface area contributed by atoms with Gasteiger partial charge in [-0.05, 0) is 47.4 Å². The zero-order chi connectivity index (χ0) is 20.4. The van der Waals surface area contributed by atoms with Crippen LogP contribution in [0.1, 0.15) is 27.0 Å². The number of benzene rings is 3. The lowest BCUT2D eigenvalue weighted by Gasteiger charge is -1.97. The Morgan fingerprint density at radius 1 is 1.00 bits per heavy atom. The number of hydrogen-bond donors (Lipinski definition) is 3. The molecule has 0 atom stereocenters. The Morgan fingerprint density at radius 3 is 2.36 bits per heavy atom. The molecule has 28 heavy (non-hydrogen) atoms. The van der Waals surface area contributed by atoms with Crippen LogP contribution in [0.4, 0.5) is 0 Å². The van der Waals surface area contributed by atoms with E-state index >= 15 is 0 Å². The van der Waals surface area contributed by atoms with Crippen molar-refractivity contribution in [3.05, 3.63) is 106 Å². The molecule has 0 bridgehead atoms. The van der Waals surface area contributed by atoms with Gasteiger partial charge in [0.15, 0.2) is 0 Å². The molecule has 0 unspecified atom stereocenters. The molecule has 0 aliphatic heterocycles. The minimum Gasteiger partial charge on any atom is -0.506 e. The fourth-order valence-electron chi connectivity index (χ4n) is 2.36. The zero-order valence-corrected chi connectivity index (χ0v) is 15.9. The van der Waals surface area contributed by atoms with E-state index in [4.69, 9.17) is 27.9 Å². The van der Waals surface area contributed by atoms with Crippen LogP contribution in [0.2, 0.25) is 5.02 Å². The summed E-state index contributed by atoms with van der Waals surface area (Å²) in [4.78, 5) is 10.5. The van der Waals surface area contributed by atoms with Gasteiger partial charge in [0.1, 0.15) is 5.75 Å². The molecule has 3 rings (SSSR count). The monoisotopic (exact) mass is 392 g/mol. The summed E-state index contributed by atoms with van der Waals surface area (Å²) in [5.41, 5.74) is 8.63. The SMILES string of the molecule is N=Cc1cccc(/C=C/Cc2ccccc2)c1.NC(=O)c1ccc(O)c(Cl)c1. The highest BCUT2D eigenvalue weighted by molar-refractivity contribution is 6.32. The molecule has 0 aliphatic carbocycles. The number of nitrogens with two attached hydrogens (primary N) is 1. The highest BCUT2D eigenvalue weighted by atomic mass is 35.5. The third-order valence-corrected chi connectivity index (χ3v) is 4.12. The molecule has 0 heterocycles. The van der Waals surface area contributed by atoms with Crippen molar-refractivity contribution in [1.82, 2.24) is 0 Å². The van der Waals surface area contributed by atoms with Gasteiger partial charge in [-0.2, -0.15) is 0 Å². The van der Waals surface area contributed by atoms with Gasteiger partial charge in [-0.25, -0.2) is 0 Å². The Balaban J connectivity index is 0.000000221. The van der Waals surface area contributed by atoms with E-state index in [1.807, 2.05) is 24.3 Å². The van der Waals surface area contributed by atoms with E-state index in [-0.39, 0.29) is 16.3 Å². The standard InChI is InChI=1S/C16H15N.C7H6ClNO2/c17-13-16-11-5-10-15(12-16)9-4-8-14-6-2-1-3-7-14;8-5-3-4(7(9)11)1-2-6(5)10/h1-7,9-13,17H,8H2;1-3,10H,(H2,9,11)/b9-4+,17-13?;. The number of aromatic hydroxyl groups is 1. The second-order valence-corrected chi connectivity index (χ2v) is 6.34. The number of carbonyl (C=O) groups excluding carboxylic acids is 1. The second kappa shape index (κ2) is 10.7.